The quantitative estimate of drug-likeness (QED) is 0.0433. The monoisotopic (exact) mass is 689 g/mol. The van der Waals surface area contributed by atoms with Crippen LogP contribution in [0.25, 0.3) is 6.08 Å². The van der Waals surface area contributed by atoms with Gasteiger partial charge in [0.2, 0.25) is 0 Å². The van der Waals surface area contributed by atoms with Crippen molar-refractivity contribution in [3.63, 3.8) is 0 Å². The Morgan fingerprint density at radius 3 is 1.41 bits per heavy atom. The highest BCUT2D eigenvalue weighted by molar-refractivity contribution is 5.97. The van der Waals surface area contributed by atoms with Crippen LogP contribution in [0.5, 0.6) is 5.75 Å². The molecule has 0 saturated carbocycles. The summed E-state index contributed by atoms with van der Waals surface area (Å²) in [7, 11) is 0. The molecule has 0 aliphatic carbocycles. The van der Waals surface area contributed by atoms with E-state index in [-0.39, 0.29) is 24.4 Å². The van der Waals surface area contributed by atoms with Gasteiger partial charge < -0.3 is 54.2 Å². The van der Waals surface area contributed by atoms with Gasteiger partial charge in [-0.15, -0.1) is 0 Å². The maximum atomic E-state index is 11.3. The van der Waals surface area contributed by atoms with E-state index in [1.54, 1.807) is 36.4 Å². The molecular weight excluding hydrogens is 626 g/mol. The van der Waals surface area contributed by atoms with Crippen LogP contribution in [-0.4, -0.2) is 98.5 Å². The van der Waals surface area contributed by atoms with E-state index in [4.69, 9.17) is 38.3 Å². The molecule has 2 aromatic carbocycles. The van der Waals surface area contributed by atoms with Crippen LogP contribution in [0.2, 0.25) is 0 Å². The predicted octanol–water partition coefficient (Wildman–Crippen LogP) is 2.53. The average Bonchev–Trinajstić information content (AvgIpc) is 3.10. The first-order valence-corrected chi connectivity index (χ1v) is 17.1. The van der Waals surface area contributed by atoms with Crippen LogP contribution in [0.3, 0.4) is 0 Å². The second-order valence-electron chi connectivity index (χ2n) is 10.8. The summed E-state index contributed by atoms with van der Waals surface area (Å²) in [6.07, 6.45) is 10.5. The number of phenolic OH excluding ortho intramolecular Hbond substituents is 1. The first-order valence-electron chi connectivity index (χ1n) is 17.1. The summed E-state index contributed by atoms with van der Waals surface area (Å²) in [6, 6.07) is 15.0. The van der Waals surface area contributed by atoms with Gasteiger partial charge in [0, 0.05) is 18.1 Å². The van der Waals surface area contributed by atoms with Gasteiger partial charge in [-0.05, 0) is 134 Å². The lowest BCUT2D eigenvalue weighted by molar-refractivity contribution is -0.137. The average molecular weight is 690 g/mol. The Balaban J connectivity index is 0. The molecule has 13 heteroatoms. The zero-order valence-corrected chi connectivity index (χ0v) is 29.2. The molecule has 49 heavy (non-hydrogen) atoms. The van der Waals surface area contributed by atoms with Gasteiger partial charge in [-0.3, -0.25) is 9.59 Å². The maximum Gasteiger partial charge on any atom is 0.328 e. The summed E-state index contributed by atoms with van der Waals surface area (Å²) >= 11 is 0. The molecular formula is C36H63N7O6. The molecule has 0 aliphatic rings. The van der Waals surface area contributed by atoms with Gasteiger partial charge in [0.05, 0.1) is 6.42 Å². The Labute approximate surface area is 292 Å². The van der Waals surface area contributed by atoms with E-state index in [1.165, 1.54) is 37.5 Å². The number of aliphatic carboxylic acids is 2. The minimum atomic E-state index is -0.983. The molecule has 0 amide bonds. The third kappa shape index (κ3) is 37.0. The number of rotatable bonds is 24. The van der Waals surface area contributed by atoms with Crippen molar-refractivity contribution in [1.29, 1.82) is 0 Å². The fourth-order valence-corrected chi connectivity index (χ4v) is 3.69. The number of unbranched alkanes of at least 4 members (excludes halogenated alkanes) is 2. The first-order chi connectivity index (χ1) is 23.7. The summed E-state index contributed by atoms with van der Waals surface area (Å²) in [5.74, 6) is -1.88. The Bertz CT molecular complexity index is 1050. The van der Waals surface area contributed by atoms with Crippen LogP contribution in [0.1, 0.15) is 73.7 Å². The molecule has 0 saturated heterocycles. The first kappa shape index (κ1) is 47.4. The smallest absolute Gasteiger partial charge is 0.328 e. The molecule has 0 bridgehead atoms. The van der Waals surface area contributed by atoms with Crippen molar-refractivity contribution < 1.29 is 29.7 Å². The van der Waals surface area contributed by atoms with Crippen LogP contribution >= 0.6 is 0 Å². The molecule has 0 spiro atoms. The fraction of sp³-hybridized carbons (Fsp3) is 0.528. The molecule has 13 nitrogen and oxygen atoms in total. The van der Waals surface area contributed by atoms with Crippen LogP contribution in [0.15, 0.2) is 60.7 Å². The van der Waals surface area contributed by atoms with Crippen molar-refractivity contribution in [2.45, 2.75) is 57.8 Å². The minimum Gasteiger partial charge on any atom is -0.508 e. The molecule has 0 fully saturated rings. The summed E-state index contributed by atoms with van der Waals surface area (Å²) in [4.78, 5) is 31.6. The molecule has 0 heterocycles. The zero-order valence-electron chi connectivity index (χ0n) is 29.2. The van der Waals surface area contributed by atoms with Crippen molar-refractivity contribution in [3.05, 3.63) is 71.8 Å². The van der Waals surface area contributed by atoms with Crippen LogP contribution < -0.4 is 38.9 Å². The van der Waals surface area contributed by atoms with Gasteiger partial charge >= 0.3 is 11.9 Å². The number of hydrogen-bond acceptors (Lipinski definition) is 11. The van der Waals surface area contributed by atoms with Gasteiger partial charge in [-0.1, -0.05) is 42.5 Å². The minimum absolute atomic E-state index is 0.0688. The number of Topliss-reactive ketones (excluding diaryl/α,β-unsaturated/α-hetero) is 1. The van der Waals surface area contributed by atoms with Gasteiger partial charge in [0.15, 0.2) is 5.78 Å². The Hall–Kier alpha value is -3.69. The summed E-state index contributed by atoms with van der Waals surface area (Å²) < 4.78 is 0. The number of nitrogens with one attached hydrogen (secondary N) is 3. The summed E-state index contributed by atoms with van der Waals surface area (Å²) in [5, 5.41) is 35.6. The van der Waals surface area contributed by atoms with Gasteiger partial charge in [-0.2, -0.15) is 0 Å². The Kier molecular flexibility index (Phi) is 35.9. The number of aromatic hydroxyl groups is 1. The molecule has 14 N–H and O–H groups in total. The van der Waals surface area contributed by atoms with Crippen LogP contribution in [0, 0.1) is 0 Å². The van der Waals surface area contributed by atoms with Crippen molar-refractivity contribution in [2.24, 2.45) is 22.9 Å². The number of carboxylic acid groups (broad SMARTS) is 2. The Morgan fingerprint density at radius 2 is 1.00 bits per heavy atom. The predicted molar refractivity (Wildman–Crippen MR) is 200 cm³/mol. The van der Waals surface area contributed by atoms with Gasteiger partial charge in [0.25, 0.3) is 0 Å². The van der Waals surface area contributed by atoms with Crippen molar-refractivity contribution in [2.75, 3.05) is 65.4 Å². The lowest BCUT2D eigenvalue weighted by atomic mass is 10.1. The van der Waals surface area contributed by atoms with Crippen molar-refractivity contribution in [1.82, 2.24) is 16.0 Å². The zero-order chi connectivity index (χ0) is 36.8. The number of benzene rings is 2. The van der Waals surface area contributed by atoms with E-state index in [2.05, 4.69) is 16.0 Å². The number of phenols is 1. The topological polar surface area (TPSA) is 252 Å². The number of carboxylic acids is 2. The number of carbonyl (C=O) groups is 3. The van der Waals surface area contributed by atoms with E-state index in [1.807, 2.05) is 6.07 Å². The molecule has 0 radical (unpaired) electrons. The van der Waals surface area contributed by atoms with Crippen LogP contribution in [0.4, 0.5) is 0 Å². The highest BCUT2D eigenvalue weighted by Gasteiger charge is 2.06. The van der Waals surface area contributed by atoms with E-state index in [0.717, 1.165) is 103 Å². The van der Waals surface area contributed by atoms with E-state index < -0.39 is 11.9 Å². The summed E-state index contributed by atoms with van der Waals surface area (Å²) in [6.45, 7) is 9.60. The fourth-order valence-electron chi connectivity index (χ4n) is 3.69. The third-order valence-electron chi connectivity index (χ3n) is 6.41. The number of carbonyl (C=O) groups excluding carboxylic acids is 1. The lowest BCUT2D eigenvalue weighted by Gasteiger charge is -2.04. The maximum absolute atomic E-state index is 11.3. The van der Waals surface area contributed by atoms with E-state index in [9.17, 15) is 14.4 Å². The highest BCUT2D eigenvalue weighted by Crippen LogP contribution is 2.10. The summed E-state index contributed by atoms with van der Waals surface area (Å²) in [5.41, 5.74) is 22.7. The van der Waals surface area contributed by atoms with Gasteiger partial charge in [-0.25, -0.2) is 4.79 Å². The third-order valence-corrected chi connectivity index (χ3v) is 6.41. The van der Waals surface area contributed by atoms with Crippen LogP contribution in [-0.2, 0) is 9.59 Å². The second-order valence-corrected chi connectivity index (χ2v) is 10.8. The molecule has 2 aromatic rings. The molecule has 0 aromatic heterocycles. The molecule has 0 unspecified atom stereocenters. The molecule has 0 aliphatic heterocycles. The van der Waals surface area contributed by atoms with Crippen molar-refractivity contribution >= 4 is 23.8 Å². The lowest BCUT2D eigenvalue weighted by Crippen LogP contribution is -2.22. The molecule has 0 atom stereocenters. The molecule has 2 rings (SSSR count). The van der Waals surface area contributed by atoms with Crippen molar-refractivity contribution in [3.8, 4) is 5.75 Å². The largest absolute Gasteiger partial charge is 0.508 e. The number of ketones is 1. The van der Waals surface area contributed by atoms with E-state index in [0.29, 0.717) is 5.56 Å². The Morgan fingerprint density at radius 1 is 0.571 bits per heavy atom. The second kappa shape index (κ2) is 37.1. The standard InChI is InChI=1S/C10H26N4.C10H10O3.C9H8O3.C7H19N3/c11-5-3-9-13-7-1-2-8-14-10-4-6-12;11-9(6-7-10(12)13)8-4-2-1-3-5-8;10-8-4-1-7(2-5-8)3-6-9(11)12;8-4-1-2-6-10-7-3-5-9/h13-14H,1-12H2;1-5H,6-7H2,(H,12,13);1-6,10H,(H,11,12);10H,1-9H2. The highest BCUT2D eigenvalue weighted by atomic mass is 16.4. The SMILES string of the molecule is NCCCCNCCCN.NCCCNCCCCNCCCN.O=C(O)C=Cc1ccc(O)cc1.O=C(O)CCC(=O)c1ccccc1. The van der Waals surface area contributed by atoms with E-state index >= 15 is 0 Å². The molecule has 278 valence electrons. The number of hydrogen-bond donors (Lipinski definition) is 10. The van der Waals surface area contributed by atoms with Gasteiger partial charge in [0.1, 0.15) is 5.75 Å². The number of nitrogens with two attached hydrogens (primary N) is 4. The normalized spacial score (nSPS) is 10.2.